The van der Waals surface area contributed by atoms with E-state index in [9.17, 15) is 4.79 Å². The van der Waals surface area contributed by atoms with Gasteiger partial charge in [0.05, 0.1) is 17.9 Å². The van der Waals surface area contributed by atoms with E-state index in [-0.39, 0.29) is 5.91 Å². The van der Waals surface area contributed by atoms with Crippen molar-refractivity contribution in [1.82, 2.24) is 25.3 Å². The average Bonchev–Trinajstić information content (AvgIpc) is 2.96. The molecule has 3 rings (SSSR count). The van der Waals surface area contributed by atoms with Gasteiger partial charge in [0, 0.05) is 24.9 Å². The number of nitrogens with two attached hydrogens (primary N) is 1. The number of anilines is 1. The quantitative estimate of drug-likeness (QED) is 0.728. The number of amides is 1. The van der Waals surface area contributed by atoms with Gasteiger partial charge in [0.25, 0.3) is 5.91 Å². The lowest BCUT2D eigenvalue weighted by molar-refractivity contribution is 0.0948. The second-order valence-electron chi connectivity index (χ2n) is 4.70. The van der Waals surface area contributed by atoms with Crippen molar-refractivity contribution in [1.29, 1.82) is 0 Å². The Hall–Kier alpha value is -2.31. The number of rotatable bonds is 5. The summed E-state index contributed by atoms with van der Waals surface area (Å²) in [7, 11) is 0. The lowest BCUT2D eigenvalue weighted by Gasteiger charge is -2.04. The monoisotopic (exact) mass is 260 g/mol. The van der Waals surface area contributed by atoms with Gasteiger partial charge >= 0.3 is 0 Å². The van der Waals surface area contributed by atoms with Gasteiger partial charge in [-0.1, -0.05) is 0 Å². The summed E-state index contributed by atoms with van der Waals surface area (Å²) in [6.07, 6.45) is 5.79. The van der Waals surface area contributed by atoms with Crippen molar-refractivity contribution in [2.24, 2.45) is 0 Å². The van der Waals surface area contributed by atoms with Crippen LogP contribution in [0, 0.1) is 0 Å². The average molecular weight is 260 g/mol. The van der Waals surface area contributed by atoms with Crippen molar-refractivity contribution in [3.63, 3.8) is 0 Å². The minimum atomic E-state index is -0.243. The van der Waals surface area contributed by atoms with E-state index in [1.807, 2.05) is 12.3 Å². The van der Waals surface area contributed by atoms with Crippen LogP contribution < -0.4 is 11.1 Å². The number of carbonyl (C=O) groups is 1. The fourth-order valence-electron chi connectivity index (χ4n) is 2.02. The molecule has 0 atom stereocenters. The van der Waals surface area contributed by atoms with Gasteiger partial charge in [0.2, 0.25) is 0 Å². The molecule has 7 heteroatoms. The summed E-state index contributed by atoms with van der Waals surface area (Å²) in [6.45, 7) is 1.12. The van der Waals surface area contributed by atoms with Gasteiger partial charge in [-0.05, 0) is 18.9 Å². The molecule has 1 fully saturated rings. The fourth-order valence-corrected chi connectivity index (χ4v) is 2.02. The molecule has 4 N–H and O–H groups in total. The lowest BCUT2D eigenvalue weighted by Crippen LogP contribution is -2.28. The summed E-state index contributed by atoms with van der Waals surface area (Å²) in [6, 6.07) is 1.84. The van der Waals surface area contributed by atoms with Crippen LogP contribution in [0.3, 0.4) is 0 Å². The topological polar surface area (TPSA) is 102 Å². The molecule has 100 valence electrons. The Labute approximate surface area is 110 Å². The van der Waals surface area contributed by atoms with Crippen LogP contribution in [-0.2, 0) is 6.54 Å². The molecule has 2 aromatic rings. The molecule has 0 spiro atoms. The zero-order valence-corrected chi connectivity index (χ0v) is 10.5. The Morgan fingerprint density at radius 3 is 3.11 bits per heavy atom. The van der Waals surface area contributed by atoms with E-state index in [1.54, 1.807) is 10.9 Å². The Kier molecular flexibility index (Phi) is 2.94. The van der Waals surface area contributed by atoms with Crippen LogP contribution in [0.2, 0.25) is 0 Å². The second kappa shape index (κ2) is 4.75. The first kappa shape index (κ1) is 11.8. The van der Waals surface area contributed by atoms with E-state index in [2.05, 4.69) is 20.6 Å². The van der Waals surface area contributed by atoms with E-state index in [0.29, 0.717) is 30.4 Å². The zero-order valence-electron chi connectivity index (χ0n) is 10.5. The molecule has 1 aliphatic carbocycles. The van der Waals surface area contributed by atoms with Crippen molar-refractivity contribution in [3.05, 3.63) is 29.8 Å². The minimum Gasteiger partial charge on any atom is -0.395 e. The first-order chi connectivity index (χ1) is 9.25. The molecule has 0 saturated heterocycles. The number of nitrogens with one attached hydrogen (secondary N) is 2. The maximum atomic E-state index is 11.9. The van der Waals surface area contributed by atoms with E-state index < -0.39 is 0 Å². The highest BCUT2D eigenvalue weighted by Crippen LogP contribution is 2.42. The van der Waals surface area contributed by atoms with Crippen LogP contribution in [0.1, 0.15) is 34.9 Å². The van der Waals surface area contributed by atoms with Gasteiger partial charge in [0.15, 0.2) is 5.69 Å². The smallest absolute Gasteiger partial charge is 0.274 e. The number of aromatic amines is 1. The molecule has 1 amide bonds. The third-order valence-electron chi connectivity index (χ3n) is 3.22. The molecule has 0 unspecified atom stereocenters. The maximum absolute atomic E-state index is 11.9. The predicted molar refractivity (Wildman–Crippen MR) is 69.5 cm³/mol. The van der Waals surface area contributed by atoms with Gasteiger partial charge in [-0.25, -0.2) is 0 Å². The highest BCUT2D eigenvalue weighted by atomic mass is 16.1. The van der Waals surface area contributed by atoms with Gasteiger partial charge in [0.1, 0.15) is 0 Å². The number of carbonyl (C=O) groups excluding carboxylic acids is 1. The van der Waals surface area contributed by atoms with Crippen LogP contribution in [0.15, 0.2) is 18.5 Å². The van der Waals surface area contributed by atoms with Crippen LogP contribution >= 0.6 is 0 Å². The third kappa shape index (κ3) is 2.44. The van der Waals surface area contributed by atoms with Crippen molar-refractivity contribution < 1.29 is 4.79 Å². The Morgan fingerprint density at radius 1 is 1.58 bits per heavy atom. The summed E-state index contributed by atoms with van der Waals surface area (Å²) in [5, 5.41) is 13.7. The summed E-state index contributed by atoms with van der Waals surface area (Å²) in [5.74, 6) is 0.214. The molecule has 0 aliphatic heterocycles. The second-order valence-corrected chi connectivity index (χ2v) is 4.70. The summed E-state index contributed by atoms with van der Waals surface area (Å²) >= 11 is 0. The molecule has 0 aromatic carbocycles. The van der Waals surface area contributed by atoms with E-state index >= 15 is 0 Å². The normalized spacial score (nSPS) is 14.5. The molecular weight excluding hydrogens is 244 g/mol. The van der Waals surface area contributed by atoms with E-state index in [1.165, 1.54) is 0 Å². The molecule has 19 heavy (non-hydrogen) atoms. The summed E-state index contributed by atoms with van der Waals surface area (Å²) in [5.41, 5.74) is 7.62. The SMILES string of the molecule is Nc1c(C(=O)NCCn2cccn2)n[nH]c1C1CC1. The maximum Gasteiger partial charge on any atom is 0.274 e. The number of H-pyrrole nitrogens is 1. The predicted octanol–water partition coefficient (Wildman–Crippen LogP) is 0.496. The molecule has 7 nitrogen and oxygen atoms in total. The number of hydrogen-bond acceptors (Lipinski definition) is 4. The van der Waals surface area contributed by atoms with Crippen LogP contribution in [0.5, 0.6) is 0 Å². The fraction of sp³-hybridized carbons (Fsp3) is 0.417. The Morgan fingerprint density at radius 2 is 2.42 bits per heavy atom. The van der Waals surface area contributed by atoms with E-state index in [0.717, 1.165) is 18.5 Å². The largest absolute Gasteiger partial charge is 0.395 e. The van der Waals surface area contributed by atoms with Crippen LogP contribution in [-0.4, -0.2) is 32.4 Å². The molecule has 1 saturated carbocycles. The number of aromatic nitrogens is 4. The Balaban J connectivity index is 1.57. The number of nitrogens with zero attached hydrogens (tertiary/aromatic N) is 3. The van der Waals surface area contributed by atoms with Crippen LogP contribution in [0.4, 0.5) is 5.69 Å². The number of nitrogen functional groups attached to an aromatic ring is 1. The summed E-state index contributed by atoms with van der Waals surface area (Å²) < 4.78 is 1.75. The van der Waals surface area contributed by atoms with Crippen molar-refractivity contribution in [2.75, 3.05) is 12.3 Å². The first-order valence-corrected chi connectivity index (χ1v) is 6.35. The summed E-state index contributed by atoms with van der Waals surface area (Å²) in [4.78, 5) is 11.9. The molecule has 0 radical (unpaired) electrons. The molecule has 2 heterocycles. The van der Waals surface area contributed by atoms with Crippen molar-refractivity contribution in [3.8, 4) is 0 Å². The van der Waals surface area contributed by atoms with Gasteiger partial charge in [-0.2, -0.15) is 10.2 Å². The number of hydrogen-bond donors (Lipinski definition) is 3. The van der Waals surface area contributed by atoms with Gasteiger partial charge in [-0.3, -0.25) is 14.6 Å². The Bertz CT molecular complexity index is 569. The molecular formula is C12H16N6O. The highest BCUT2D eigenvalue weighted by Gasteiger charge is 2.30. The van der Waals surface area contributed by atoms with Gasteiger partial charge < -0.3 is 11.1 Å². The van der Waals surface area contributed by atoms with Crippen LogP contribution in [0.25, 0.3) is 0 Å². The molecule has 0 bridgehead atoms. The lowest BCUT2D eigenvalue weighted by atomic mass is 10.2. The molecule has 2 aromatic heterocycles. The standard InChI is InChI=1S/C12H16N6O/c13-9-10(8-2-3-8)16-17-11(9)12(19)14-5-7-18-6-1-4-15-18/h1,4,6,8H,2-3,5,7,13H2,(H,14,19)(H,16,17). The highest BCUT2D eigenvalue weighted by molar-refractivity contribution is 5.97. The molecule has 1 aliphatic rings. The third-order valence-corrected chi connectivity index (χ3v) is 3.22. The first-order valence-electron chi connectivity index (χ1n) is 6.35. The minimum absolute atomic E-state index is 0.243. The van der Waals surface area contributed by atoms with E-state index in [4.69, 9.17) is 5.73 Å². The zero-order chi connectivity index (χ0) is 13.2. The van der Waals surface area contributed by atoms with Crippen molar-refractivity contribution in [2.45, 2.75) is 25.3 Å². The van der Waals surface area contributed by atoms with Gasteiger partial charge in [-0.15, -0.1) is 0 Å². The van der Waals surface area contributed by atoms with Crippen molar-refractivity contribution >= 4 is 11.6 Å².